The molecule has 0 N–H and O–H groups in total. The molecule has 0 saturated heterocycles. The van der Waals surface area contributed by atoms with Crippen molar-refractivity contribution < 1.29 is 14.2 Å². The summed E-state index contributed by atoms with van der Waals surface area (Å²) in [6.45, 7) is 16.3. The third kappa shape index (κ3) is 21.2. The van der Waals surface area contributed by atoms with Gasteiger partial charge in [0.05, 0.1) is 31.5 Å². The molecule has 3 heteroatoms. The minimum Gasteiger partial charge on any atom is -0.497 e. The molecule has 0 aliphatic rings. The molecule has 0 bridgehead atoms. The maximum absolute atomic E-state index is 5.25. The zero-order valence-corrected chi connectivity index (χ0v) is 15.9. The summed E-state index contributed by atoms with van der Waals surface area (Å²) >= 11 is 0. The summed E-state index contributed by atoms with van der Waals surface area (Å²) in [5, 5.41) is 0. The van der Waals surface area contributed by atoms with Crippen molar-refractivity contribution in [2.75, 3.05) is 7.11 Å². The summed E-state index contributed by atoms with van der Waals surface area (Å²) < 4.78 is 15.4. The van der Waals surface area contributed by atoms with Crippen molar-refractivity contribution in [3.63, 3.8) is 0 Å². The van der Waals surface area contributed by atoms with Crippen LogP contribution in [0.15, 0.2) is 30.3 Å². The maximum Gasteiger partial charge on any atom is 0.118 e. The molecular weight excluding hydrogens is 276 g/mol. The molecule has 0 heterocycles. The first-order valence-electron chi connectivity index (χ1n) is 8.08. The van der Waals surface area contributed by atoms with Crippen molar-refractivity contribution >= 4 is 0 Å². The van der Waals surface area contributed by atoms with E-state index < -0.39 is 0 Å². The van der Waals surface area contributed by atoms with E-state index >= 15 is 0 Å². The van der Waals surface area contributed by atoms with Crippen LogP contribution in [-0.4, -0.2) is 31.5 Å². The number of hydrogen-bond donors (Lipinski definition) is 0. The van der Waals surface area contributed by atoms with E-state index in [1.807, 2.05) is 85.7 Å². The van der Waals surface area contributed by atoms with Gasteiger partial charge in [-0.3, -0.25) is 0 Å². The molecule has 1 rings (SSSR count). The average molecular weight is 312 g/mol. The summed E-state index contributed by atoms with van der Waals surface area (Å²) in [6.07, 6.45) is 1.50. The van der Waals surface area contributed by atoms with E-state index in [-0.39, 0.29) is 0 Å². The van der Waals surface area contributed by atoms with Gasteiger partial charge in [-0.15, -0.1) is 0 Å². The summed E-state index contributed by atoms with van der Waals surface area (Å²) in [6, 6.07) is 9.68. The van der Waals surface area contributed by atoms with E-state index in [0.717, 1.165) is 5.75 Å². The lowest BCUT2D eigenvalue weighted by Crippen LogP contribution is -2.09. The van der Waals surface area contributed by atoms with Gasteiger partial charge >= 0.3 is 0 Å². The van der Waals surface area contributed by atoms with Gasteiger partial charge in [-0.1, -0.05) is 18.2 Å². The molecule has 0 fully saturated rings. The molecule has 0 unspecified atom stereocenters. The number of ether oxygens (including phenoxy) is 3. The standard InChI is InChI=1S/C7H8O.2C6H14O/c1-8-7-5-3-2-4-6-7;2*1-5(2)7-6(3)4/h2-6H,1H3;2*5-6H,1-4H3. The first-order chi connectivity index (χ1) is 10.2. The van der Waals surface area contributed by atoms with Crippen molar-refractivity contribution in [2.45, 2.75) is 79.8 Å². The van der Waals surface area contributed by atoms with Gasteiger partial charge in [-0.25, -0.2) is 0 Å². The van der Waals surface area contributed by atoms with Crippen molar-refractivity contribution in [3.8, 4) is 5.75 Å². The van der Waals surface area contributed by atoms with Gasteiger partial charge < -0.3 is 14.2 Å². The van der Waals surface area contributed by atoms with Gasteiger partial charge in [-0.05, 0) is 67.5 Å². The second kappa shape index (κ2) is 14.9. The molecule has 22 heavy (non-hydrogen) atoms. The Morgan fingerprint density at radius 2 is 0.909 bits per heavy atom. The lowest BCUT2D eigenvalue weighted by atomic mass is 10.3. The van der Waals surface area contributed by atoms with Crippen LogP contribution in [-0.2, 0) is 9.47 Å². The van der Waals surface area contributed by atoms with Crippen LogP contribution in [0.25, 0.3) is 0 Å². The van der Waals surface area contributed by atoms with E-state index in [4.69, 9.17) is 14.2 Å². The van der Waals surface area contributed by atoms with Crippen LogP contribution in [0.5, 0.6) is 5.75 Å². The number of hydrogen-bond acceptors (Lipinski definition) is 3. The number of para-hydroxylation sites is 1. The van der Waals surface area contributed by atoms with E-state index in [1.54, 1.807) is 7.11 Å². The zero-order chi connectivity index (χ0) is 17.5. The molecule has 3 nitrogen and oxygen atoms in total. The molecule has 0 radical (unpaired) electrons. The Balaban J connectivity index is 0. The van der Waals surface area contributed by atoms with Gasteiger partial charge in [0.1, 0.15) is 5.75 Å². The van der Waals surface area contributed by atoms with Gasteiger partial charge in [0.25, 0.3) is 0 Å². The van der Waals surface area contributed by atoms with E-state index in [2.05, 4.69) is 0 Å². The summed E-state index contributed by atoms with van der Waals surface area (Å²) in [4.78, 5) is 0. The third-order valence-corrected chi connectivity index (χ3v) is 2.07. The predicted molar refractivity (Wildman–Crippen MR) is 95.7 cm³/mol. The number of benzene rings is 1. The first-order valence-corrected chi connectivity index (χ1v) is 8.08. The maximum atomic E-state index is 5.25. The molecule has 0 aliphatic carbocycles. The van der Waals surface area contributed by atoms with Crippen LogP contribution in [0.2, 0.25) is 0 Å². The smallest absolute Gasteiger partial charge is 0.118 e. The van der Waals surface area contributed by atoms with Crippen LogP contribution in [0, 0.1) is 0 Å². The quantitative estimate of drug-likeness (QED) is 0.735. The molecule has 1 aromatic rings. The highest BCUT2D eigenvalue weighted by Crippen LogP contribution is 2.05. The van der Waals surface area contributed by atoms with Crippen molar-refractivity contribution in [1.29, 1.82) is 0 Å². The van der Waals surface area contributed by atoms with Crippen LogP contribution >= 0.6 is 0 Å². The van der Waals surface area contributed by atoms with Crippen molar-refractivity contribution in [1.82, 2.24) is 0 Å². The van der Waals surface area contributed by atoms with E-state index in [9.17, 15) is 0 Å². The minimum atomic E-state index is 0.375. The molecule has 0 aromatic heterocycles. The Hall–Kier alpha value is -1.06. The third-order valence-electron chi connectivity index (χ3n) is 2.07. The largest absolute Gasteiger partial charge is 0.497 e. The second-order valence-corrected chi connectivity index (χ2v) is 5.98. The minimum absolute atomic E-state index is 0.375. The lowest BCUT2D eigenvalue weighted by Gasteiger charge is -2.09. The van der Waals surface area contributed by atoms with E-state index in [1.165, 1.54) is 0 Å². The highest BCUT2D eigenvalue weighted by molar-refractivity contribution is 5.20. The first kappa shape index (κ1) is 23.2. The fourth-order valence-corrected chi connectivity index (χ4v) is 1.65. The van der Waals surface area contributed by atoms with Crippen molar-refractivity contribution in [2.24, 2.45) is 0 Å². The van der Waals surface area contributed by atoms with E-state index in [0.29, 0.717) is 24.4 Å². The molecule has 0 amide bonds. The molecular formula is C19H36O3. The second-order valence-electron chi connectivity index (χ2n) is 5.98. The molecule has 130 valence electrons. The van der Waals surface area contributed by atoms with Gasteiger partial charge in [-0.2, -0.15) is 0 Å². The molecule has 0 saturated carbocycles. The van der Waals surface area contributed by atoms with Crippen LogP contribution in [0.3, 0.4) is 0 Å². The van der Waals surface area contributed by atoms with Gasteiger partial charge in [0, 0.05) is 0 Å². The Labute approximate surface area is 138 Å². The molecule has 0 aliphatic heterocycles. The number of methoxy groups -OCH3 is 1. The van der Waals surface area contributed by atoms with Crippen LogP contribution in [0.4, 0.5) is 0 Å². The predicted octanol–water partition coefficient (Wildman–Crippen LogP) is 5.33. The Kier molecular flexibility index (Phi) is 15.7. The fourth-order valence-electron chi connectivity index (χ4n) is 1.65. The number of rotatable bonds is 5. The molecule has 0 atom stereocenters. The summed E-state index contributed by atoms with van der Waals surface area (Å²) in [7, 11) is 1.66. The lowest BCUT2D eigenvalue weighted by molar-refractivity contribution is 0.0296. The average Bonchev–Trinajstić information content (AvgIpc) is 2.38. The van der Waals surface area contributed by atoms with Gasteiger partial charge in [0.2, 0.25) is 0 Å². The summed E-state index contributed by atoms with van der Waals surface area (Å²) in [5.41, 5.74) is 0. The Bertz CT molecular complexity index is 293. The monoisotopic (exact) mass is 312 g/mol. The Morgan fingerprint density at radius 1 is 0.591 bits per heavy atom. The topological polar surface area (TPSA) is 27.7 Å². The van der Waals surface area contributed by atoms with Gasteiger partial charge in [0.15, 0.2) is 0 Å². The molecule has 0 spiro atoms. The zero-order valence-electron chi connectivity index (χ0n) is 15.9. The normalized spacial score (nSPS) is 10.2. The highest BCUT2D eigenvalue weighted by atomic mass is 16.5. The van der Waals surface area contributed by atoms with Crippen LogP contribution in [0.1, 0.15) is 55.4 Å². The highest BCUT2D eigenvalue weighted by Gasteiger charge is 1.94. The molecule has 1 aromatic carbocycles. The Morgan fingerprint density at radius 3 is 1.05 bits per heavy atom. The van der Waals surface area contributed by atoms with Crippen molar-refractivity contribution in [3.05, 3.63) is 30.3 Å². The SMILES string of the molecule is CC(C)OC(C)C.CC(C)OC(C)C.COc1ccccc1. The van der Waals surface area contributed by atoms with Crippen LogP contribution < -0.4 is 4.74 Å². The summed E-state index contributed by atoms with van der Waals surface area (Å²) in [5.74, 6) is 0.910. The fraction of sp³-hybridized carbons (Fsp3) is 0.684.